The van der Waals surface area contributed by atoms with Crippen LogP contribution in [0.25, 0.3) is 0 Å². The average Bonchev–Trinajstić information content (AvgIpc) is 2.59. The lowest BCUT2D eigenvalue weighted by Crippen LogP contribution is -2.25. The predicted molar refractivity (Wildman–Crippen MR) is 53.6 cm³/mol. The van der Waals surface area contributed by atoms with Gasteiger partial charge in [-0.1, -0.05) is 13.8 Å². The van der Waals surface area contributed by atoms with Crippen molar-refractivity contribution in [1.82, 2.24) is 9.88 Å². The van der Waals surface area contributed by atoms with E-state index in [-0.39, 0.29) is 0 Å². The lowest BCUT2D eigenvalue weighted by atomic mass is 10.4. The van der Waals surface area contributed by atoms with E-state index in [0.29, 0.717) is 0 Å². The average molecular weight is 184 g/mol. The van der Waals surface area contributed by atoms with Gasteiger partial charge in [-0.2, -0.15) is 0 Å². The van der Waals surface area contributed by atoms with Crippen LogP contribution in [-0.4, -0.2) is 29.5 Å². The van der Waals surface area contributed by atoms with Crippen LogP contribution < -0.4 is 0 Å². The van der Waals surface area contributed by atoms with Crippen LogP contribution in [0.15, 0.2) is 11.6 Å². The third kappa shape index (κ3) is 2.91. The van der Waals surface area contributed by atoms with E-state index in [1.54, 1.807) is 11.3 Å². The number of rotatable bonds is 5. The zero-order chi connectivity index (χ0) is 8.81. The minimum Gasteiger partial charge on any atom is -0.303 e. The van der Waals surface area contributed by atoms with Gasteiger partial charge in [0.2, 0.25) is 0 Å². The second-order valence-electron chi connectivity index (χ2n) is 2.70. The zero-order valence-electron chi connectivity index (χ0n) is 7.79. The molecular weight excluding hydrogens is 168 g/mol. The fraction of sp³-hybridized carbons (Fsp3) is 0.667. The first-order valence-corrected chi connectivity index (χ1v) is 5.35. The van der Waals surface area contributed by atoms with Gasteiger partial charge < -0.3 is 4.90 Å². The van der Waals surface area contributed by atoms with Crippen LogP contribution in [0.2, 0.25) is 0 Å². The van der Waals surface area contributed by atoms with E-state index in [4.69, 9.17) is 0 Å². The van der Waals surface area contributed by atoms with Crippen LogP contribution in [-0.2, 0) is 6.42 Å². The molecule has 68 valence electrons. The van der Waals surface area contributed by atoms with Crippen molar-refractivity contribution in [2.24, 2.45) is 0 Å². The Morgan fingerprint density at radius 1 is 1.42 bits per heavy atom. The van der Waals surface area contributed by atoms with Crippen LogP contribution in [0.1, 0.15) is 18.9 Å². The second-order valence-corrected chi connectivity index (χ2v) is 3.68. The van der Waals surface area contributed by atoms with Crippen LogP contribution >= 0.6 is 11.3 Å². The first-order chi connectivity index (χ1) is 5.86. The molecule has 0 bridgehead atoms. The van der Waals surface area contributed by atoms with Crippen molar-refractivity contribution < 1.29 is 0 Å². The lowest BCUT2D eigenvalue weighted by molar-refractivity contribution is 0.308. The van der Waals surface area contributed by atoms with Gasteiger partial charge in [0.15, 0.2) is 0 Å². The molecule has 0 aromatic carbocycles. The highest BCUT2D eigenvalue weighted by atomic mass is 32.1. The minimum atomic E-state index is 1.10. The highest BCUT2D eigenvalue weighted by molar-refractivity contribution is 7.09. The molecule has 0 unspecified atom stereocenters. The molecule has 1 rings (SSSR count). The minimum absolute atomic E-state index is 1.10. The van der Waals surface area contributed by atoms with E-state index < -0.39 is 0 Å². The molecule has 3 heteroatoms. The van der Waals surface area contributed by atoms with Gasteiger partial charge in [-0.25, -0.2) is 4.98 Å². The quantitative estimate of drug-likeness (QED) is 0.696. The van der Waals surface area contributed by atoms with Crippen molar-refractivity contribution in [1.29, 1.82) is 0 Å². The van der Waals surface area contributed by atoms with Gasteiger partial charge in [-0.3, -0.25) is 0 Å². The van der Waals surface area contributed by atoms with E-state index in [1.165, 1.54) is 5.01 Å². The Balaban J connectivity index is 2.25. The fourth-order valence-corrected chi connectivity index (χ4v) is 1.78. The fourth-order valence-electron chi connectivity index (χ4n) is 1.17. The molecule has 0 aliphatic rings. The van der Waals surface area contributed by atoms with Crippen molar-refractivity contribution in [3.05, 3.63) is 16.6 Å². The summed E-state index contributed by atoms with van der Waals surface area (Å²) in [4.78, 5) is 6.67. The van der Waals surface area contributed by atoms with Crippen molar-refractivity contribution >= 4 is 11.3 Å². The first kappa shape index (κ1) is 9.68. The number of hydrogen-bond donors (Lipinski definition) is 0. The Hall–Kier alpha value is -0.410. The molecule has 12 heavy (non-hydrogen) atoms. The molecular formula is C9H16N2S. The number of nitrogens with zero attached hydrogens (tertiary/aromatic N) is 2. The van der Waals surface area contributed by atoms with Gasteiger partial charge in [-0.05, 0) is 13.1 Å². The summed E-state index contributed by atoms with van der Waals surface area (Å²) in [5, 5.41) is 3.29. The van der Waals surface area contributed by atoms with Crippen LogP contribution in [0, 0.1) is 0 Å². The SMILES string of the molecule is CCN(CC)CCc1nccs1. The Kier molecular flexibility index (Phi) is 4.25. The van der Waals surface area contributed by atoms with E-state index in [0.717, 1.165) is 26.1 Å². The number of likely N-dealkylation sites (N-methyl/N-ethyl adjacent to an activating group) is 1. The standard InChI is InChI=1S/C9H16N2S/c1-3-11(4-2)7-5-9-10-6-8-12-9/h6,8H,3-5,7H2,1-2H3. The van der Waals surface area contributed by atoms with E-state index in [9.17, 15) is 0 Å². The van der Waals surface area contributed by atoms with Crippen molar-refractivity contribution in [2.45, 2.75) is 20.3 Å². The van der Waals surface area contributed by atoms with Gasteiger partial charge in [0.1, 0.15) is 0 Å². The summed E-state index contributed by atoms with van der Waals surface area (Å²) in [6.07, 6.45) is 2.97. The molecule has 1 aromatic heterocycles. The van der Waals surface area contributed by atoms with Gasteiger partial charge in [0, 0.05) is 24.5 Å². The summed E-state index contributed by atoms with van der Waals surface area (Å²) in [7, 11) is 0. The number of hydrogen-bond acceptors (Lipinski definition) is 3. The van der Waals surface area contributed by atoms with Crippen LogP contribution in [0.3, 0.4) is 0 Å². The Labute approximate surface area is 78.2 Å². The van der Waals surface area contributed by atoms with Crippen molar-refractivity contribution in [2.75, 3.05) is 19.6 Å². The molecule has 0 N–H and O–H groups in total. The predicted octanol–water partition coefficient (Wildman–Crippen LogP) is 2.03. The summed E-state index contributed by atoms with van der Waals surface area (Å²) in [5.74, 6) is 0. The van der Waals surface area contributed by atoms with Crippen molar-refractivity contribution in [3.63, 3.8) is 0 Å². The molecule has 1 aromatic rings. The van der Waals surface area contributed by atoms with Crippen LogP contribution in [0.5, 0.6) is 0 Å². The molecule has 0 saturated heterocycles. The maximum atomic E-state index is 4.25. The second kappa shape index (κ2) is 5.27. The van der Waals surface area contributed by atoms with E-state index in [1.807, 2.05) is 11.6 Å². The molecule has 0 radical (unpaired) electrons. The molecule has 0 saturated carbocycles. The van der Waals surface area contributed by atoms with Crippen LogP contribution in [0.4, 0.5) is 0 Å². The summed E-state index contributed by atoms with van der Waals surface area (Å²) in [6, 6.07) is 0. The van der Waals surface area contributed by atoms with E-state index >= 15 is 0 Å². The molecule has 0 fully saturated rings. The Bertz CT molecular complexity index is 192. The first-order valence-electron chi connectivity index (χ1n) is 4.47. The molecule has 0 aliphatic carbocycles. The molecule has 0 spiro atoms. The normalized spacial score (nSPS) is 10.9. The van der Waals surface area contributed by atoms with Gasteiger partial charge >= 0.3 is 0 Å². The molecule has 0 aliphatic heterocycles. The third-order valence-electron chi connectivity index (χ3n) is 2.02. The molecule has 2 nitrogen and oxygen atoms in total. The highest BCUT2D eigenvalue weighted by Gasteiger charge is 2.00. The Morgan fingerprint density at radius 2 is 2.17 bits per heavy atom. The summed E-state index contributed by atoms with van der Waals surface area (Å²) in [5.41, 5.74) is 0. The van der Waals surface area contributed by atoms with Crippen molar-refractivity contribution in [3.8, 4) is 0 Å². The molecule has 0 amide bonds. The van der Waals surface area contributed by atoms with Gasteiger partial charge in [0.05, 0.1) is 5.01 Å². The Morgan fingerprint density at radius 3 is 2.67 bits per heavy atom. The van der Waals surface area contributed by atoms with Gasteiger partial charge in [-0.15, -0.1) is 11.3 Å². The maximum absolute atomic E-state index is 4.25. The summed E-state index contributed by atoms with van der Waals surface area (Å²) in [6.45, 7) is 7.82. The highest BCUT2D eigenvalue weighted by Crippen LogP contribution is 2.05. The largest absolute Gasteiger partial charge is 0.303 e. The summed E-state index contributed by atoms with van der Waals surface area (Å²) < 4.78 is 0. The lowest BCUT2D eigenvalue weighted by Gasteiger charge is -2.16. The number of thiazole rings is 1. The van der Waals surface area contributed by atoms with Gasteiger partial charge in [0.25, 0.3) is 0 Å². The third-order valence-corrected chi connectivity index (χ3v) is 2.86. The number of aromatic nitrogens is 1. The van der Waals surface area contributed by atoms with E-state index in [2.05, 4.69) is 23.7 Å². The zero-order valence-corrected chi connectivity index (χ0v) is 8.60. The monoisotopic (exact) mass is 184 g/mol. The smallest absolute Gasteiger partial charge is 0.0937 e. The maximum Gasteiger partial charge on any atom is 0.0937 e. The summed E-state index contributed by atoms with van der Waals surface area (Å²) >= 11 is 1.75. The molecule has 0 atom stereocenters. The topological polar surface area (TPSA) is 16.1 Å². The molecule has 1 heterocycles.